The Balaban J connectivity index is 4.07. The van der Waals surface area contributed by atoms with Crippen LogP contribution in [0.1, 0.15) is 0 Å². The van der Waals surface area contributed by atoms with Crippen LogP contribution in [-0.4, -0.2) is 36.3 Å². The van der Waals surface area contributed by atoms with Gasteiger partial charge in [0.1, 0.15) is 0 Å². The molecule has 0 bridgehead atoms. The molecule has 0 rings (SSSR count). The van der Waals surface area contributed by atoms with Crippen LogP contribution in [0, 0.1) is 0 Å². The second-order valence-electron chi connectivity index (χ2n) is 1.67. The molecule has 0 aliphatic rings. The van der Waals surface area contributed by atoms with E-state index in [0.717, 1.165) is 0 Å². The number of rotatable bonds is 1. The van der Waals surface area contributed by atoms with Crippen LogP contribution in [0.2, 0.25) is 0 Å². The van der Waals surface area contributed by atoms with Gasteiger partial charge in [-0.3, -0.25) is 4.55 Å². The van der Waals surface area contributed by atoms with Crippen molar-refractivity contribution in [3.05, 3.63) is 0 Å². The van der Waals surface area contributed by atoms with Gasteiger partial charge in [-0.05, 0) is 0 Å². The Bertz CT molecular complexity index is 219. The van der Waals surface area contributed by atoms with Crippen LogP contribution in [0.3, 0.4) is 0 Å². The molecule has 0 atom stereocenters. The molecule has 0 fully saturated rings. The van der Waals surface area contributed by atoms with Gasteiger partial charge in [-0.15, -0.1) is 0 Å². The van der Waals surface area contributed by atoms with E-state index < -0.39 is 9.15 Å². The van der Waals surface area contributed by atoms with E-state index in [9.17, 15) is 8.42 Å². The third-order valence-electron chi connectivity index (χ3n) is 0.542. The van der Waals surface area contributed by atoms with Gasteiger partial charge in [-0.25, -0.2) is 0 Å². The molecule has 0 aromatic rings. The van der Waals surface area contributed by atoms with Gasteiger partial charge >= 0.3 is 9.15 Å². The van der Waals surface area contributed by atoms with Crippen LogP contribution in [0.4, 0.5) is 0 Å². The Kier molecular flexibility index (Phi) is 3.57. The fourth-order valence-corrected chi connectivity index (χ4v) is 2.26. The molecular weight excluding hydrogens is 194 g/mol. The quantitative estimate of drug-likeness (QED) is 0.376. The molecule has 10 heavy (non-hydrogen) atoms. The first-order valence-corrected chi connectivity index (χ1v) is 5.39. The van der Waals surface area contributed by atoms with E-state index in [1.807, 2.05) is 0 Å². The highest BCUT2D eigenvalue weighted by atomic mass is 33.2. The minimum Gasteiger partial charge on any atom is -0.363 e. The Hall–Kier alpha value is 0.150. The minimum absolute atomic E-state index is 0.113. The fraction of sp³-hybridized carbons (Fsp3) is 0.667. The van der Waals surface area contributed by atoms with Gasteiger partial charge < -0.3 is 4.90 Å². The van der Waals surface area contributed by atoms with Gasteiger partial charge in [0.25, 0.3) is 0 Å². The van der Waals surface area contributed by atoms with E-state index in [1.54, 1.807) is 14.1 Å². The third kappa shape index (κ3) is 4.98. The Morgan fingerprint density at radius 3 is 2.10 bits per heavy atom. The molecular formula is C3H7NO3S3. The summed E-state index contributed by atoms with van der Waals surface area (Å²) in [6, 6.07) is 0. The molecule has 0 heterocycles. The zero-order valence-electron chi connectivity index (χ0n) is 5.44. The molecule has 0 spiro atoms. The molecule has 0 unspecified atom stereocenters. The van der Waals surface area contributed by atoms with Crippen LogP contribution in [0.25, 0.3) is 0 Å². The van der Waals surface area contributed by atoms with E-state index in [0.29, 0.717) is 0 Å². The lowest BCUT2D eigenvalue weighted by atomic mass is 11.0. The molecule has 0 amide bonds. The summed E-state index contributed by atoms with van der Waals surface area (Å²) in [6.07, 6.45) is 0. The van der Waals surface area contributed by atoms with Gasteiger partial charge in [-0.2, -0.15) is 8.42 Å². The smallest absolute Gasteiger partial charge is 0.326 e. The molecule has 7 heteroatoms. The number of thiocarbonyl (C=S) groups is 1. The van der Waals surface area contributed by atoms with E-state index in [1.165, 1.54) is 4.90 Å². The van der Waals surface area contributed by atoms with Gasteiger partial charge in [-0.1, -0.05) is 12.2 Å². The number of hydrogen-bond acceptors (Lipinski definition) is 4. The van der Waals surface area contributed by atoms with Crippen molar-refractivity contribution in [3.8, 4) is 0 Å². The first-order chi connectivity index (χ1) is 4.33. The summed E-state index contributed by atoms with van der Waals surface area (Å²) in [4.78, 5) is 1.42. The molecule has 0 aliphatic carbocycles. The van der Waals surface area contributed by atoms with E-state index in [4.69, 9.17) is 4.55 Å². The standard InChI is InChI=1S/C3H7NO3S3/c1-4(2)3(8)9-10(5,6)7/h1-2H3,(H,5,6,7). The van der Waals surface area contributed by atoms with E-state index in [-0.39, 0.29) is 15.1 Å². The van der Waals surface area contributed by atoms with Crippen molar-refractivity contribution in [1.29, 1.82) is 0 Å². The zero-order chi connectivity index (χ0) is 8.36. The second kappa shape index (κ2) is 3.51. The highest BCUT2D eigenvalue weighted by Crippen LogP contribution is 2.12. The summed E-state index contributed by atoms with van der Waals surface area (Å²) in [7, 11) is -0.589. The monoisotopic (exact) mass is 201 g/mol. The first kappa shape index (κ1) is 10.2. The van der Waals surface area contributed by atoms with Crippen LogP contribution in [0.5, 0.6) is 0 Å². The van der Waals surface area contributed by atoms with Gasteiger partial charge in [0.05, 0.1) is 10.8 Å². The van der Waals surface area contributed by atoms with Crippen molar-refractivity contribution in [2.45, 2.75) is 0 Å². The highest BCUT2D eigenvalue weighted by Gasteiger charge is 2.11. The molecule has 0 saturated carbocycles. The summed E-state index contributed by atoms with van der Waals surface area (Å²) in [5.74, 6) is 0. The van der Waals surface area contributed by atoms with E-state index in [2.05, 4.69) is 12.2 Å². The molecule has 60 valence electrons. The first-order valence-electron chi connectivity index (χ1n) is 2.21. The lowest BCUT2D eigenvalue weighted by molar-refractivity contribution is 0.503. The number of nitrogens with zero attached hydrogens (tertiary/aromatic N) is 1. The van der Waals surface area contributed by atoms with Crippen molar-refractivity contribution in [3.63, 3.8) is 0 Å². The van der Waals surface area contributed by atoms with Crippen molar-refractivity contribution < 1.29 is 13.0 Å². The predicted molar refractivity (Wildman–Crippen MR) is 45.4 cm³/mol. The van der Waals surface area contributed by atoms with Gasteiger partial charge in [0, 0.05) is 14.1 Å². The lowest BCUT2D eigenvalue weighted by Crippen LogP contribution is -2.17. The summed E-state index contributed by atoms with van der Waals surface area (Å²) in [5.41, 5.74) is 0. The Morgan fingerprint density at radius 2 is 2.00 bits per heavy atom. The minimum atomic E-state index is -4.03. The Morgan fingerprint density at radius 1 is 1.60 bits per heavy atom. The second-order valence-corrected chi connectivity index (χ2v) is 5.49. The molecule has 0 aliphatic heterocycles. The third-order valence-corrected chi connectivity index (χ3v) is 3.30. The van der Waals surface area contributed by atoms with Crippen molar-refractivity contribution in [1.82, 2.24) is 4.90 Å². The van der Waals surface area contributed by atoms with E-state index >= 15 is 0 Å². The summed E-state index contributed by atoms with van der Waals surface area (Å²) < 4.78 is 28.7. The Labute approximate surface area is 68.7 Å². The maximum atomic E-state index is 10.2. The summed E-state index contributed by atoms with van der Waals surface area (Å²) >= 11 is 4.58. The summed E-state index contributed by atoms with van der Waals surface area (Å²) in [6.45, 7) is 0. The van der Waals surface area contributed by atoms with Crippen LogP contribution < -0.4 is 0 Å². The van der Waals surface area contributed by atoms with Crippen molar-refractivity contribution in [2.75, 3.05) is 14.1 Å². The van der Waals surface area contributed by atoms with Crippen molar-refractivity contribution in [2.24, 2.45) is 0 Å². The summed E-state index contributed by atoms with van der Waals surface area (Å²) in [5, 5.41) is 0. The molecule has 0 aromatic carbocycles. The van der Waals surface area contributed by atoms with Crippen molar-refractivity contribution >= 4 is 36.5 Å². The lowest BCUT2D eigenvalue weighted by Gasteiger charge is -2.09. The fourth-order valence-electron chi connectivity index (χ4n) is 0.165. The topological polar surface area (TPSA) is 57.6 Å². The zero-order valence-corrected chi connectivity index (χ0v) is 7.89. The molecule has 0 saturated heterocycles. The van der Waals surface area contributed by atoms with Gasteiger partial charge in [0.15, 0.2) is 4.32 Å². The van der Waals surface area contributed by atoms with Crippen LogP contribution in [-0.2, 0) is 9.15 Å². The normalized spacial score (nSPS) is 11.1. The molecule has 1 N–H and O–H groups in total. The largest absolute Gasteiger partial charge is 0.363 e. The maximum absolute atomic E-state index is 10.2. The van der Waals surface area contributed by atoms with Crippen LogP contribution >= 0.6 is 23.0 Å². The average molecular weight is 201 g/mol. The highest BCUT2D eigenvalue weighted by molar-refractivity contribution is 8.77. The molecule has 4 nitrogen and oxygen atoms in total. The average Bonchev–Trinajstić information content (AvgIpc) is 1.60. The number of hydrogen-bond donors (Lipinski definition) is 1. The molecule has 0 aromatic heterocycles. The van der Waals surface area contributed by atoms with Gasteiger partial charge in [0.2, 0.25) is 0 Å². The molecule has 0 radical (unpaired) electrons. The SMILES string of the molecule is CN(C)C(=S)SS(=O)(=O)O. The van der Waals surface area contributed by atoms with Crippen LogP contribution in [0.15, 0.2) is 0 Å². The predicted octanol–water partition coefficient (Wildman–Crippen LogP) is 0.369. The maximum Gasteiger partial charge on any atom is 0.326 e.